The zero-order valence-corrected chi connectivity index (χ0v) is 9.05. The van der Waals surface area contributed by atoms with E-state index in [-0.39, 0.29) is 0 Å². The van der Waals surface area contributed by atoms with Gasteiger partial charge in [0.05, 0.1) is 0 Å². The predicted octanol–water partition coefficient (Wildman–Crippen LogP) is 1.89. The SMILES string of the molecule is CC(C)CCNC1CCCCC1N. The minimum Gasteiger partial charge on any atom is -0.326 e. The number of nitrogens with two attached hydrogens (primary N) is 1. The van der Waals surface area contributed by atoms with Crippen molar-refractivity contribution in [3.8, 4) is 0 Å². The van der Waals surface area contributed by atoms with Gasteiger partial charge in [0, 0.05) is 12.1 Å². The van der Waals surface area contributed by atoms with E-state index in [1.54, 1.807) is 0 Å². The molecule has 0 saturated heterocycles. The Kier molecular flexibility index (Phi) is 4.74. The van der Waals surface area contributed by atoms with E-state index < -0.39 is 0 Å². The largest absolute Gasteiger partial charge is 0.326 e. The van der Waals surface area contributed by atoms with Crippen LogP contribution in [0.5, 0.6) is 0 Å². The van der Waals surface area contributed by atoms with E-state index in [4.69, 9.17) is 5.73 Å². The molecule has 0 bridgehead atoms. The maximum Gasteiger partial charge on any atom is 0.0219 e. The van der Waals surface area contributed by atoms with Gasteiger partial charge in [-0.2, -0.15) is 0 Å². The summed E-state index contributed by atoms with van der Waals surface area (Å²) in [4.78, 5) is 0. The van der Waals surface area contributed by atoms with Crippen molar-refractivity contribution >= 4 is 0 Å². The minimum atomic E-state index is 0.404. The number of nitrogens with one attached hydrogen (secondary N) is 1. The minimum absolute atomic E-state index is 0.404. The molecule has 1 saturated carbocycles. The Labute approximate surface area is 82.3 Å². The van der Waals surface area contributed by atoms with Gasteiger partial charge in [0.2, 0.25) is 0 Å². The van der Waals surface area contributed by atoms with Gasteiger partial charge in [0.25, 0.3) is 0 Å². The zero-order valence-electron chi connectivity index (χ0n) is 9.05. The van der Waals surface area contributed by atoms with Crippen LogP contribution in [0.15, 0.2) is 0 Å². The smallest absolute Gasteiger partial charge is 0.0219 e. The second kappa shape index (κ2) is 5.61. The second-order valence-corrected chi connectivity index (χ2v) is 4.69. The predicted molar refractivity (Wildman–Crippen MR) is 57.7 cm³/mol. The van der Waals surface area contributed by atoms with Crippen molar-refractivity contribution in [3.05, 3.63) is 0 Å². The highest BCUT2D eigenvalue weighted by atomic mass is 15.0. The summed E-state index contributed by atoms with van der Waals surface area (Å²) in [5.41, 5.74) is 6.03. The summed E-state index contributed by atoms with van der Waals surface area (Å²) in [5, 5.41) is 3.58. The molecular weight excluding hydrogens is 160 g/mol. The lowest BCUT2D eigenvalue weighted by Gasteiger charge is -2.29. The Balaban J connectivity index is 2.11. The molecule has 2 heteroatoms. The lowest BCUT2D eigenvalue weighted by Crippen LogP contribution is -2.47. The normalized spacial score (nSPS) is 29.5. The molecule has 2 unspecified atom stereocenters. The highest BCUT2D eigenvalue weighted by molar-refractivity contribution is 4.83. The third-order valence-corrected chi connectivity index (χ3v) is 2.95. The summed E-state index contributed by atoms with van der Waals surface area (Å²) in [6, 6.07) is 0.994. The van der Waals surface area contributed by atoms with E-state index in [0.29, 0.717) is 12.1 Å². The van der Waals surface area contributed by atoms with Crippen molar-refractivity contribution < 1.29 is 0 Å². The fraction of sp³-hybridized carbons (Fsp3) is 1.00. The van der Waals surface area contributed by atoms with Crippen LogP contribution in [0.4, 0.5) is 0 Å². The Hall–Kier alpha value is -0.0800. The van der Waals surface area contributed by atoms with Gasteiger partial charge in [-0.1, -0.05) is 26.7 Å². The molecule has 2 atom stereocenters. The first kappa shape index (κ1) is 11.0. The van der Waals surface area contributed by atoms with E-state index in [2.05, 4.69) is 19.2 Å². The molecule has 0 radical (unpaired) electrons. The molecule has 13 heavy (non-hydrogen) atoms. The van der Waals surface area contributed by atoms with Crippen LogP contribution in [-0.4, -0.2) is 18.6 Å². The maximum atomic E-state index is 6.03. The molecule has 0 aliphatic heterocycles. The molecule has 0 aromatic heterocycles. The van der Waals surface area contributed by atoms with Crippen LogP contribution >= 0.6 is 0 Å². The first-order valence-electron chi connectivity index (χ1n) is 5.69. The lowest BCUT2D eigenvalue weighted by atomic mass is 9.91. The summed E-state index contributed by atoms with van der Waals surface area (Å²) in [7, 11) is 0. The molecule has 3 N–H and O–H groups in total. The Bertz CT molecular complexity index is 134. The molecule has 0 spiro atoms. The molecule has 1 fully saturated rings. The average Bonchev–Trinajstić information content (AvgIpc) is 2.08. The van der Waals surface area contributed by atoms with Crippen LogP contribution in [0.3, 0.4) is 0 Å². The summed E-state index contributed by atoms with van der Waals surface area (Å²) >= 11 is 0. The van der Waals surface area contributed by atoms with Crippen molar-refractivity contribution in [2.24, 2.45) is 11.7 Å². The molecule has 2 nitrogen and oxygen atoms in total. The summed E-state index contributed by atoms with van der Waals surface area (Å²) < 4.78 is 0. The fourth-order valence-corrected chi connectivity index (χ4v) is 1.97. The standard InChI is InChI=1S/C11H24N2/c1-9(2)7-8-13-11-6-4-3-5-10(11)12/h9-11,13H,3-8,12H2,1-2H3. The summed E-state index contributed by atoms with van der Waals surface area (Å²) in [5.74, 6) is 0.798. The molecular formula is C11H24N2. The molecule has 1 aliphatic rings. The van der Waals surface area contributed by atoms with Crippen molar-refractivity contribution in [1.82, 2.24) is 5.32 Å². The van der Waals surface area contributed by atoms with Crippen molar-refractivity contribution in [2.45, 2.75) is 58.0 Å². The van der Waals surface area contributed by atoms with E-state index in [0.717, 1.165) is 12.5 Å². The van der Waals surface area contributed by atoms with Crippen LogP contribution in [0.1, 0.15) is 46.0 Å². The maximum absolute atomic E-state index is 6.03. The Morgan fingerprint density at radius 1 is 1.31 bits per heavy atom. The van der Waals surface area contributed by atoms with Gasteiger partial charge in [-0.05, 0) is 31.7 Å². The highest BCUT2D eigenvalue weighted by Crippen LogP contribution is 2.16. The number of hydrogen-bond acceptors (Lipinski definition) is 2. The van der Waals surface area contributed by atoms with Gasteiger partial charge in [-0.3, -0.25) is 0 Å². The van der Waals surface area contributed by atoms with E-state index in [9.17, 15) is 0 Å². The number of hydrogen-bond donors (Lipinski definition) is 2. The van der Waals surface area contributed by atoms with Gasteiger partial charge in [0.15, 0.2) is 0 Å². The van der Waals surface area contributed by atoms with Crippen LogP contribution in [0.25, 0.3) is 0 Å². The molecule has 0 amide bonds. The molecule has 0 aromatic rings. The zero-order chi connectivity index (χ0) is 9.68. The molecule has 78 valence electrons. The summed E-state index contributed by atoms with van der Waals surface area (Å²) in [6.07, 6.45) is 6.43. The average molecular weight is 184 g/mol. The van der Waals surface area contributed by atoms with Gasteiger partial charge in [-0.25, -0.2) is 0 Å². The van der Waals surface area contributed by atoms with Crippen LogP contribution in [-0.2, 0) is 0 Å². The van der Waals surface area contributed by atoms with Crippen molar-refractivity contribution in [1.29, 1.82) is 0 Å². The second-order valence-electron chi connectivity index (χ2n) is 4.69. The third-order valence-electron chi connectivity index (χ3n) is 2.95. The third kappa shape index (κ3) is 4.10. The Morgan fingerprint density at radius 2 is 2.00 bits per heavy atom. The van der Waals surface area contributed by atoms with Crippen LogP contribution < -0.4 is 11.1 Å². The fourth-order valence-electron chi connectivity index (χ4n) is 1.97. The molecule has 1 aliphatic carbocycles. The van der Waals surface area contributed by atoms with E-state index in [1.807, 2.05) is 0 Å². The van der Waals surface area contributed by atoms with E-state index >= 15 is 0 Å². The molecule has 0 heterocycles. The molecule has 0 aromatic carbocycles. The van der Waals surface area contributed by atoms with Crippen molar-refractivity contribution in [3.63, 3.8) is 0 Å². The van der Waals surface area contributed by atoms with Crippen LogP contribution in [0, 0.1) is 5.92 Å². The van der Waals surface area contributed by atoms with Crippen LogP contribution in [0.2, 0.25) is 0 Å². The highest BCUT2D eigenvalue weighted by Gasteiger charge is 2.20. The first-order chi connectivity index (χ1) is 6.20. The van der Waals surface area contributed by atoms with Gasteiger partial charge < -0.3 is 11.1 Å². The quantitative estimate of drug-likeness (QED) is 0.700. The van der Waals surface area contributed by atoms with Crippen molar-refractivity contribution in [2.75, 3.05) is 6.54 Å². The Morgan fingerprint density at radius 3 is 2.62 bits per heavy atom. The monoisotopic (exact) mass is 184 g/mol. The van der Waals surface area contributed by atoms with Gasteiger partial charge in [-0.15, -0.1) is 0 Å². The lowest BCUT2D eigenvalue weighted by molar-refractivity contribution is 0.322. The van der Waals surface area contributed by atoms with Gasteiger partial charge in [0.1, 0.15) is 0 Å². The first-order valence-corrected chi connectivity index (χ1v) is 5.69. The number of rotatable bonds is 4. The summed E-state index contributed by atoms with van der Waals surface area (Å²) in [6.45, 7) is 5.67. The van der Waals surface area contributed by atoms with Gasteiger partial charge >= 0.3 is 0 Å². The topological polar surface area (TPSA) is 38.0 Å². The molecule has 1 rings (SSSR count). The van der Waals surface area contributed by atoms with E-state index in [1.165, 1.54) is 32.1 Å².